The predicted octanol–water partition coefficient (Wildman–Crippen LogP) is 3.81. The van der Waals surface area contributed by atoms with Gasteiger partial charge in [-0.1, -0.05) is 43.3 Å². The molecule has 1 unspecified atom stereocenters. The van der Waals surface area contributed by atoms with Gasteiger partial charge in [0.1, 0.15) is 18.5 Å². The van der Waals surface area contributed by atoms with Gasteiger partial charge >= 0.3 is 0 Å². The Morgan fingerprint density at radius 1 is 1.15 bits per heavy atom. The first kappa shape index (κ1) is 19.3. The van der Waals surface area contributed by atoms with E-state index in [0.717, 1.165) is 19.5 Å². The number of hydrogen-bond donors (Lipinski definition) is 1. The summed E-state index contributed by atoms with van der Waals surface area (Å²) in [7, 11) is 0. The number of aliphatic hydroxyl groups is 1. The Kier molecular flexibility index (Phi) is 6.80. The van der Waals surface area contributed by atoms with E-state index in [4.69, 9.17) is 4.74 Å². The molecule has 142 valence electrons. The molecular weight excluding hydrogens is 338 g/mol. The third-order valence-electron chi connectivity index (χ3n) is 4.85. The molecule has 27 heavy (non-hydrogen) atoms. The van der Waals surface area contributed by atoms with Gasteiger partial charge in [0.25, 0.3) is 0 Å². The second kappa shape index (κ2) is 9.49. The van der Waals surface area contributed by atoms with Crippen LogP contribution in [0.2, 0.25) is 0 Å². The van der Waals surface area contributed by atoms with Crippen molar-refractivity contribution in [2.24, 2.45) is 0 Å². The Morgan fingerprint density at radius 3 is 2.52 bits per heavy atom. The van der Waals surface area contributed by atoms with E-state index < -0.39 is 6.10 Å². The SMILES string of the molecule is CCC(=O)c1ccc(OCC(O)CN2CC=C(c3ccccc3)CC2)cc1. The minimum Gasteiger partial charge on any atom is -0.491 e. The van der Waals surface area contributed by atoms with Gasteiger partial charge in [0, 0.05) is 31.6 Å². The standard InChI is InChI=1S/C23H27NO3/c1-2-23(26)20-8-10-22(11-9-20)27-17-21(25)16-24-14-12-19(13-15-24)18-6-4-3-5-7-18/h3-12,21,25H,2,13-17H2,1H3. The van der Waals surface area contributed by atoms with Crippen molar-refractivity contribution in [3.8, 4) is 5.75 Å². The second-order valence-electron chi connectivity index (χ2n) is 6.87. The van der Waals surface area contributed by atoms with Crippen molar-refractivity contribution in [2.75, 3.05) is 26.2 Å². The van der Waals surface area contributed by atoms with Gasteiger partial charge in [-0.05, 0) is 41.8 Å². The smallest absolute Gasteiger partial charge is 0.162 e. The molecule has 0 aromatic heterocycles. The van der Waals surface area contributed by atoms with Crippen molar-refractivity contribution in [1.82, 2.24) is 4.90 Å². The highest BCUT2D eigenvalue weighted by Gasteiger charge is 2.16. The monoisotopic (exact) mass is 365 g/mol. The molecule has 0 saturated carbocycles. The number of ketones is 1. The first-order valence-corrected chi connectivity index (χ1v) is 9.56. The molecule has 4 nitrogen and oxygen atoms in total. The van der Waals surface area contributed by atoms with E-state index in [9.17, 15) is 9.90 Å². The number of benzene rings is 2. The Bertz CT molecular complexity index is 768. The summed E-state index contributed by atoms with van der Waals surface area (Å²) < 4.78 is 5.66. The van der Waals surface area contributed by atoms with Crippen LogP contribution in [0.5, 0.6) is 5.75 Å². The molecular formula is C23H27NO3. The third kappa shape index (κ3) is 5.52. The highest BCUT2D eigenvalue weighted by atomic mass is 16.5. The quantitative estimate of drug-likeness (QED) is 0.723. The summed E-state index contributed by atoms with van der Waals surface area (Å²) >= 11 is 0. The number of carbonyl (C=O) groups is 1. The number of Topliss-reactive ketones (excluding diaryl/α,β-unsaturated/α-hetero) is 1. The number of carbonyl (C=O) groups excluding carboxylic acids is 1. The number of β-amino-alcohol motifs (C(OH)–C–C–N with tert-alkyl or cyclic N) is 1. The molecule has 2 aromatic rings. The molecule has 1 aliphatic rings. The van der Waals surface area contributed by atoms with Crippen LogP contribution in [0.3, 0.4) is 0 Å². The summed E-state index contributed by atoms with van der Waals surface area (Å²) in [6.07, 6.45) is 3.18. The van der Waals surface area contributed by atoms with Crippen molar-refractivity contribution >= 4 is 11.4 Å². The minimum atomic E-state index is -0.548. The van der Waals surface area contributed by atoms with Crippen LogP contribution in [0.15, 0.2) is 60.7 Å². The van der Waals surface area contributed by atoms with Crippen LogP contribution in [-0.4, -0.2) is 48.1 Å². The normalized spacial score (nSPS) is 15.9. The van der Waals surface area contributed by atoms with Crippen molar-refractivity contribution < 1.29 is 14.6 Å². The zero-order chi connectivity index (χ0) is 19.1. The van der Waals surface area contributed by atoms with Crippen molar-refractivity contribution in [2.45, 2.75) is 25.9 Å². The van der Waals surface area contributed by atoms with Crippen LogP contribution in [0.4, 0.5) is 0 Å². The number of hydrogen-bond acceptors (Lipinski definition) is 4. The Balaban J connectivity index is 1.44. The number of ether oxygens (including phenoxy) is 1. The van der Waals surface area contributed by atoms with Crippen LogP contribution in [0.25, 0.3) is 5.57 Å². The van der Waals surface area contributed by atoms with Crippen LogP contribution in [-0.2, 0) is 0 Å². The Morgan fingerprint density at radius 2 is 1.89 bits per heavy atom. The van der Waals surface area contributed by atoms with Gasteiger partial charge in [0.2, 0.25) is 0 Å². The van der Waals surface area contributed by atoms with Gasteiger partial charge in [-0.25, -0.2) is 0 Å². The van der Waals surface area contributed by atoms with Crippen molar-refractivity contribution in [3.63, 3.8) is 0 Å². The van der Waals surface area contributed by atoms with Crippen molar-refractivity contribution in [1.29, 1.82) is 0 Å². The van der Waals surface area contributed by atoms with Crippen LogP contribution in [0.1, 0.15) is 35.7 Å². The summed E-state index contributed by atoms with van der Waals surface area (Å²) in [6, 6.07) is 17.6. The molecule has 0 spiro atoms. The van der Waals surface area contributed by atoms with E-state index in [1.54, 1.807) is 24.3 Å². The molecule has 0 saturated heterocycles. The summed E-state index contributed by atoms with van der Waals surface area (Å²) in [5.74, 6) is 0.793. The van der Waals surface area contributed by atoms with E-state index in [1.807, 2.05) is 13.0 Å². The average Bonchev–Trinajstić information content (AvgIpc) is 2.73. The molecule has 0 fully saturated rings. The zero-order valence-electron chi connectivity index (χ0n) is 15.8. The topological polar surface area (TPSA) is 49.8 Å². The molecule has 1 atom stereocenters. The predicted molar refractivity (Wildman–Crippen MR) is 108 cm³/mol. The summed E-state index contributed by atoms with van der Waals surface area (Å²) in [5, 5.41) is 10.3. The zero-order valence-corrected chi connectivity index (χ0v) is 15.8. The van der Waals surface area contributed by atoms with E-state index >= 15 is 0 Å². The highest BCUT2D eigenvalue weighted by molar-refractivity contribution is 5.95. The van der Waals surface area contributed by atoms with Crippen LogP contribution in [0, 0.1) is 0 Å². The minimum absolute atomic E-state index is 0.120. The average molecular weight is 365 g/mol. The molecule has 1 heterocycles. The fraction of sp³-hybridized carbons (Fsp3) is 0.348. The maximum Gasteiger partial charge on any atom is 0.162 e. The Hall–Kier alpha value is -2.43. The largest absolute Gasteiger partial charge is 0.491 e. The molecule has 3 rings (SSSR count). The number of aliphatic hydroxyl groups excluding tert-OH is 1. The summed E-state index contributed by atoms with van der Waals surface area (Å²) in [5.41, 5.74) is 3.35. The van der Waals surface area contributed by atoms with Gasteiger partial charge in [-0.3, -0.25) is 9.69 Å². The lowest BCUT2D eigenvalue weighted by Gasteiger charge is -2.28. The number of rotatable bonds is 8. The highest BCUT2D eigenvalue weighted by Crippen LogP contribution is 2.22. The summed E-state index contributed by atoms with van der Waals surface area (Å²) in [4.78, 5) is 13.9. The van der Waals surface area contributed by atoms with E-state index in [1.165, 1.54) is 11.1 Å². The van der Waals surface area contributed by atoms with Crippen molar-refractivity contribution in [3.05, 3.63) is 71.8 Å². The second-order valence-corrected chi connectivity index (χ2v) is 6.87. The van der Waals surface area contributed by atoms with Crippen LogP contribution >= 0.6 is 0 Å². The lowest BCUT2D eigenvalue weighted by Crippen LogP contribution is -2.38. The van der Waals surface area contributed by atoms with Gasteiger partial charge in [-0.2, -0.15) is 0 Å². The first-order chi connectivity index (χ1) is 13.2. The molecule has 0 radical (unpaired) electrons. The van der Waals surface area contributed by atoms with Gasteiger partial charge in [0.15, 0.2) is 5.78 Å². The molecule has 1 N–H and O–H groups in total. The molecule has 2 aromatic carbocycles. The lowest BCUT2D eigenvalue weighted by atomic mass is 9.99. The molecule has 1 aliphatic heterocycles. The van der Waals surface area contributed by atoms with Gasteiger partial charge < -0.3 is 9.84 Å². The maximum absolute atomic E-state index is 11.6. The van der Waals surface area contributed by atoms with Gasteiger partial charge in [-0.15, -0.1) is 0 Å². The number of nitrogens with zero attached hydrogens (tertiary/aromatic N) is 1. The maximum atomic E-state index is 11.6. The molecule has 4 heteroatoms. The summed E-state index contributed by atoms with van der Waals surface area (Å²) in [6.45, 7) is 4.46. The van der Waals surface area contributed by atoms with E-state index in [2.05, 4.69) is 35.2 Å². The fourth-order valence-corrected chi connectivity index (χ4v) is 3.28. The molecule has 0 amide bonds. The molecule has 0 bridgehead atoms. The Labute approximate surface area is 161 Å². The fourth-order valence-electron chi connectivity index (χ4n) is 3.28. The van der Waals surface area contributed by atoms with Gasteiger partial charge in [0.05, 0.1) is 0 Å². The first-order valence-electron chi connectivity index (χ1n) is 9.56. The third-order valence-corrected chi connectivity index (χ3v) is 4.85. The van der Waals surface area contributed by atoms with E-state index in [-0.39, 0.29) is 12.4 Å². The van der Waals surface area contributed by atoms with E-state index in [0.29, 0.717) is 24.3 Å². The lowest BCUT2D eigenvalue weighted by molar-refractivity contribution is 0.0716. The van der Waals surface area contributed by atoms with Crippen LogP contribution < -0.4 is 4.74 Å². The molecule has 0 aliphatic carbocycles.